The molecule has 0 amide bonds. The average Bonchev–Trinajstić information content (AvgIpc) is 3.93. The molecule has 0 bridgehead atoms. The van der Waals surface area contributed by atoms with Crippen molar-refractivity contribution in [2.75, 3.05) is 0 Å². The Labute approximate surface area is 313 Å². The van der Waals surface area contributed by atoms with Gasteiger partial charge >= 0.3 is 0 Å². The lowest BCUT2D eigenvalue weighted by Crippen LogP contribution is -2.28. The van der Waals surface area contributed by atoms with Crippen LogP contribution in [0.1, 0.15) is 47.2 Å². The molecule has 2 aromatic heterocycles. The third-order valence-corrected chi connectivity index (χ3v) is 12.6. The third kappa shape index (κ3) is 3.56. The lowest BCUT2D eigenvalue weighted by atomic mass is 9.67. The van der Waals surface area contributed by atoms with Gasteiger partial charge in [-0.05, 0) is 74.3 Å². The first-order valence-electron chi connectivity index (χ1n) is 18.9. The van der Waals surface area contributed by atoms with Crippen LogP contribution >= 0.6 is 0 Å². The molecule has 0 aliphatic heterocycles. The number of fused-ring (bicyclic) bond motifs is 15. The zero-order valence-electron chi connectivity index (χ0n) is 30.1. The van der Waals surface area contributed by atoms with Gasteiger partial charge in [-0.25, -0.2) is 0 Å². The van der Waals surface area contributed by atoms with Crippen LogP contribution in [0.3, 0.4) is 0 Å². The summed E-state index contributed by atoms with van der Waals surface area (Å²) >= 11 is 0. The molecule has 2 heterocycles. The molecule has 0 N–H and O–H groups in total. The van der Waals surface area contributed by atoms with Crippen molar-refractivity contribution in [1.29, 1.82) is 0 Å². The van der Waals surface area contributed by atoms with Crippen molar-refractivity contribution in [2.24, 2.45) is 0 Å². The van der Waals surface area contributed by atoms with Crippen molar-refractivity contribution in [2.45, 2.75) is 24.7 Å². The summed E-state index contributed by atoms with van der Waals surface area (Å²) in [6, 6.07) is 64.9. The topological polar surface area (TPSA) is 18.1 Å². The van der Waals surface area contributed by atoms with Gasteiger partial charge in [0.15, 0.2) is 0 Å². The minimum Gasteiger partial charge on any atom is -0.455 e. The zero-order chi connectivity index (χ0) is 35.8. The highest BCUT2D eigenvalue weighted by atomic mass is 16.3. The molecule has 2 heteroatoms. The SMILES string of the molecule is CC1(C)c2ccccc2-c2c1c1c3ccccc3oc1c1c3ccccc3n(-c3ccc4c(c3)C(c3ccccc3)(c3ccccc3)c3ccccc3-4)c21. The molecule has 2 nitrogen and oxygen atoms in total. The van der Waals surface area contributed by atoms with Crippen molar-refractivity contribution in [1.82, 2.24) is 4.57 Å². The van der Waals surface area contributed by atoms with E-state index in [2.05, 4.69) is 194 Å². The van der Waals surface area contributed by atoms with Crippen LogP contribution in [0.2, 0.25) is 0 Å². The van der Waals surface area contributed by atoms with Crippen LogP contribution in [-0.4, -0.2) is 4.57 Å². The predicted molar refractivity (Wildman–Crippen MR) is 223 cm³/mol. The van der Waals surface area contributed by atoms with E-state index in [0.717, 1.165) is 16.9 Å². The molecule has 0 radical (unpaired) electrons. The highest BCUT2D eigenvalue weighted by molar-refractivity contribution is 6.29. The number of rotatable bonds is 3. The molecular weight excluding hydrogens is 655 g/mol. The molecule has 2 aliphatic rings. The number of hydrogen-bond donors (Lipinski definition) is 0. The van der Waals surface area contributed by atoms with Gasteiger partial charge in [-0.15, -0.1) is 0 Å². The maximum atomic E-state index is 6.99. The normalized spacial score (nSPS) is 14.8. The molecular formula is C52H35NO. The Morgan fingerprint density at radius 3 is 1.83 bits per heavy atom. The average molecular weight is 690 g/mol. The summed E-state index contributed by atoms with van der Waals surface area (Å²) in [5.74, 6) is 0. The highest BCUT2D eigenvalue weighted by Gasteiger charge is 2.47. The monoisotopic (exact) mass is 689 g/mol. The van der Waals surface area contributed by atoms with E-state index < -0.39 is 5.41 Å². The van der Waals surface area contributed by atoms with Crippen LogP contribution in [0.25, 0.3) is 71.7 Å². The van der Waals surface area contributed by atoms with Crippen LogP contribution in [0, 0.1) is 0 Å². The summed E-state index contributed by atoms with van der Waals surface area (Å²) in [4.78, 5) is 0. The third-order valence-electron chi connectivity index (χ3n) is 12.6. The lowest BCUT2D eigenvalue weighted by Gasteiger charge is -2.34. The molecule has 54 heavy (non-hydrogen) atoms. The van der Waals surface area contributed by atoms with Gasteiger partial charge in [-0.3, -0.25) is 0 Å². The van der Waals surface area contributed by atoms with Crippen LogP contribution < -0.4 is 0 Å². The Kier molecular flexibility index (Phi) is 5.81. The Hall–Kier alpha value is -6.64. The highest BCUT2D eigenvalue weighted by Crippen LogP contribution is 2.59. The fourth-order valence-electron chi connectivity index (χ4n) is 10.5. The maximum absolute atomic E-state index is 6.99. The van der Waals surface area contributed by atoms with E-state index in [9.17, 15) is 0 Å². The fraction of sp³-hybridized carbons (Fsp3) is 0.0769. The van der Waals surface area contributed by atoms with Crippen molar-refractivity contribution < 1.29 is 4.42 Å². The molecule has 0 unspecified atom stereocenters. The lowest BCUT2D eigenvalue weighted by molar-refractivity contribution is 0.659. The summed E-state index contributed by atoms with van der Waals surface area (Å²) in [6.45, 7) is 4.77. The molecule has 0 spiro atoms. The predicted octanol–water partition coefficient (Wildman–Crippen LogP) is 13.4. The number of nitrogens with zero attached hydrogens (tertiary/aromatic N) is 1. The summed E-state index contributed by atoms with van der Waals surface area (Å²) in [5.41, 5.74) is 17.7. The molecule has 0 fully saturated rings. The van der Waals surface area contributed by atoms with E-state index in [1.165, 1.54) is 88.2 Å². The van der Waals surface area contributed by atoms with Gasteiger partial charge < -0.3 is 8.98 Å². The number of para-hydroxylation sites is 2. The maximum Gasteiger partial charge on any atom is 0.145 e. The minimum absolute atomic E-state index is 0.234. The van der Waals surface area contributed by atoms with Crippen molar-refractivity contribution in [3.05, 3.63) is 209 Å². The second-order valence-corrected chi connectivity index (χ2v) is 15.6. The summed E-state index contributed by atoms with van der Waals surface area (Å²) < 4.78 is 9.53. The first-order valence-corrected chi connectivity index (χ1v) is 18.9. The number of furan rings is 1. The molecule has 0 saturated heterocycles. The van der Waals surface area contributed by atoms with Gasteiger partial charge in [0.25, 0.3) is 0 Å². The summed E-state index contributed by atoms with van der Waals surface area (Å²) in [6.07, 6.45) is 0. The van der Waals surface area contributed by atoms with Gasteiger partial charge in [-0.2, -0.15) is 0 Å². The van der Waals surface area contributed by atoms with Crippen LogP contribution in [0.15, 0.2) is 180 Å². The van der Waals surface area contributed by atoms with Crippen LogP contribution in [0.5, 0.6) is 0 Å². The number of aromatic nitrogens is 1. The van der Waals surface area contributed by atoms with Crippen molar-refractivity contribution in [3.63, 3.8) is 0 Å². The molecule has 0 atom stereocenters. The summed E-state index contributed by atoms with van der Waals surface area (Å²) in [5, 5.41) is 4.77. The van der Waals surface area contributed by atoms with Gasteiger partial charge in [0.05, 0.1) is 21.8 Å². The molecule has 0 saturated carbocycles. The number of benzene rings is 8. The van der Waals surface area contributed by atoms with E-state index in [1.54, 1.807) is 0 Å². The molecule has 10 aromatic rings. The van der Waals surface area contributed by atoms with E-state index in [1.807, 2.05) is 0 Å². The fourth-order valence-corrected chi connectivity index (χ4v) is 10.5. The van der Waals surface area contributed by atoms with Crippen LogP contribution in [0.4, 0.5) is 0 Å². The Balaban J connectivity index is 1.28. The Bertz CT molecular complexity index is 3140. The van der Waals surface area contributed by atoms with Crippen LogP contribution in [-0.2, 0) is 10.8 Å². The molecule has 8 aromatic carbocycles. The quantitative estimate of drug-likeness (QED) is 0.181. The summed E-state index contributed by atoms with van der Waals surface area (Å²) in [7, 11) is 0. The largest absolute Gasteiger partial charge is 0.455 e. The molecule has 254 valence electrons. The van der Waals surface area contributed by atoms with Crippen molar-refractivity contribution in [3.8, 4) is 27.9 Å². The van der Waals surface area contributed by atoms with E-state index in [0.29, 0.717) is 0 Å². The van der Waals surface area contributed by atoms with Crippen molar-refractivity contribution >= 4 is 43.7 Å². The second kappa shape index (κ2) is 10.5. The van der Waals surface area contributed by atoms with E-state index in [-0.39, 0.29) is 5.41 Å². The van der Waals surface area contributed by atoms with E-state index in [4.69, 9.17) is 4.42 Å². The van der Waals surface area contributed by atoms with Gasteiger partial charge in [0.2, 0.25) is 0 Å². The molecule has 2 aliphatic carbocycles. The van der Waals surface area contributed by atoms with Gasteiger partial charge in [-0.1, -0.05) is 166 Å². The zero-order valence-corrected chi connectivity index (χ0v) is 30.1. The first-order chi connectivity index (χ1) is 26.6. The molecule has 12 rings (SSSR count). The van der Waals surface area contributed by atoms with Gasteiger partial charge in [0.1, 0.15) is 11.2 Å². The second-order valence-electron chi connectivity index (χ2n) is 15.6. The van der Waals surface area contributed by atoms with Gasteiger partial charge in [0, 0.05) is 32.8 Å². The first kappa shape index (κ1) is 29.9. The van der Waals surface area contributed by atoms with E-state index >= 15 is 0 Å². The smallest absolute Gasteiger partial charge is 0.145 e. The standard InChI is InChI=1S/C52H35NO/c1-51(2)40-25-13-10-22-37(40)45-48(51)46-39-24-12-16-28-44(39)54-50(46)47-38-23-11-15-27-43(38)53(49(45)47)34-29-30-36-35-21-9-14-26-41(35)52(42(36)31-34,32-17-5-3-6-18-32)33-19-7-4-8-20-33/h3-31H,1-2H3. The minimum atomic E-state index is -0.494. The Morgan fingerprint density at radius 1 is 0.481 bits per heavy atom. The number of hydrogen-bond acceptors (Lipinski definition) is 1. The Morgan fingerprint density at radius 2 is 1.07 bits per heavy atom.